The minimum Gasteiger partial charge on any atom is -0.381 e. The number of pyridine rings is 1. The van der Waals surface area contributed by atoms with E-state index in [0.717, 1.165) is 38.2 Å². The number of ether oxygens (including phenoxy) is 1. The molecule has 1 atom stereocenters. The molecule has 1 fully saturated rings. The van der Waals surface area contributed by atoms with Crippen molar-refractivity contribution >= 4 is 0 Å². The molecule has 1 aliphatic rings. The molecule has 1 N–H and O–H groups in total. The SMILES string of the molecule is CCNC(c1cncc(F)c1)C1CCOCC1. The van der Waals surface area contributed by atoms with Crippen LogP contribution in [-0.4, -0.2) is 24.7 Å². The van der Waals surface area contributed by atoms with Crippen molar-refractivity contribution in [1.82, 2.24) is 10.3 Å². The molecule has 0 radical (unpaired) electrons. The summed E-state index contributed by atoms with van der Waals surface area (Å²) in [4.78, 5) is 3.94. The summed E-state index contributed by atoms with van der Waals surface area (Å²) >= 11 is 0. The second-order valence-corrected chi connectivity index (χ2v) is 4.42. The van der Waals surface area contributed by atoms with Gasteiger partial charge in [0, 0.05) is 25.5 Å². The highest BCUT2D eigenvalue weighted by Crippen LogP contribution is 2.29. The lowest BCUT2D eigenvalue weighted by Crippen LogP contribution is -2.32. The molecule has 3 nitrogen and oxygen atoms in total. The molecule has 0 spiro atoms. The van der Waals surface area contributed by atoms with Gasteiger partial charge in [0.15, 0.2) is 0 Å². The molecule has 2 rings (SSSR count). The van der Waals surface area contributed by atoms with Crippen LogP contribution in [0.5, 0.6) is 0 Å². The Bertz CT molecular complexity index is 353. The Labute approximate surface area is 101 Å². The van der Waals surface area contributed by atoms with Gasteiger partial charge >= 0.3 is 0 Å². The van der Waals surface area contributed by atoms with E-state index in [4.69, 9.17) is 4.74 Å². The zero-order valence-electron chi connectivity index (χ0n) is 10.2. The third kappa shape index (κ3) is 3.23. The summed E-state index contributed by atoms with van der Waals surface area (Å²) in [7, 11) is 0. The van der Waals surface area contributed by atoms with E-state index in [-0.39, 0.29) is 11.9 Å². The van der Waals surface area contributed by atoms with Gasteiger partial charge in [-0.15, -0.1) is 0 Å². The number of hydrogen-bond acceptors (Lipinski definition) is 3. The van der Waals surface area contributed by atoms with E-state index in [0.29, 0.717) is 5.92 Å². The van der Waals surface area contributed by atoms with Crippen LogP contribution in [-0.2, 0) is 4.74 Å². The first kappa shape index (κ1) is 12.5. The van der Waals surface area contributed by atoms with E-state index in [1.54, 1.807) is 12.3 Å². The minimum atomic E-state index is -0.266. The number of halogens is 1. The molecule has 4 heteroatoms. The van der Waals surface area contributed by atoms with E-state index in [2.05, 4.69) is 17.2 Å². The molecular weight excluding hydrogens is 219 g/mol. The summed E-state index contributed by atoms with van der Waals surface area (Å²) < 4.78 is 18.6. The summed E-state index contributed by atoms with van der Waals surface area (Å²) in [6.45, 7) is 4.54. The molecule has 0 amide bonds. The molecule has 2 heterocycles. The van der Waals surface area contributed by atoms with Crippen molar-refractivity contribution in [2.24, 2.45) is 5.92 Å². The fourth-order valence-corrected chi connectivity index (χ4v) is 2.42. The van der Waals surface area contributed by atoms with Crippen molar-refractivity contribution in [1.29, 1.82) is 0 Å². The predicted molar refractivity (Wildman–Crippen MR) is 64.2 cm³/mol. The van der Waals surface area contributed by atoms with Crippen molar-refractivity contribution < 1.29 is 9.13 Å². The van der Waals surface area contributed by atoms with E-state index >= 15 is 0 Å². The van der Waals surface area contributed by atoms with Gasteiger partial charge in [-0.1, -0.05) is 6.92 Å². The normalized spacial score (nSPS) is 19.2. The lowest BCUT2D eigenvalue weighted by atomic mass is 9.87. The van der Waals surface area contributed by atoms with Gasteiger partial charge in [-0.05, 0) is 36.9 Å². The lowest BCUT2D eigenvalue weighted by molar-refractivity contribution is 0.0537. The highest BCUT2D eigenvalue weighted by Gasteiger charge is 2.25. The van der Waals surface area contributed by atoms with Crippen LogP contribution in [0.4, 0.5) is 4.39 Å². The maximum absolute atomic E-state index is 13.2. The summed E-state index contributed by atoms with van der Waals surface area (Å²) in [6, 6.07) is 1.77. The van der Waals surface area contributed by atoms with E-state index < -0.39 is 0 Å². The Morgan fingerprint density at radius 3 is 2.88 bits per heavy atom. The summed E-state index contributed by atoms with van der Waals surface area (Å²) in [5.41, 5.74) is 0.943. The number of rotatable bonds is 4. The molecule has 17 heavy (non-hydrogen) atoms. The molecule has 94 valence electrons. The summed E-state index contributed by atoms with van der Waals surface area (Å²) in [5, 5.41) is 3.43. The van der Waals surface area contributed by atoms with Crippen molar-refractivity contribution in [3.8, 4) is 0 Å². The zero-order valence-corrected chi connectivity index (χ0v) is 10.2. The first-order valence-electron chi connectivity index (χ1n) is 6.23. The van der Waals surface area contributed by atoms with Crippen molar-refractivity contribution in [2.75, 3.05) is 19.8 Å². The van der Waals surface area contributed by atoms with Crippen LogP contribution in [0.1, 0.15) is 31.4 Å². The second kappa shape index (κ2) is 6.07. The van der Waals surface area contributed by atoms with Crippen LogP contribution in [0.2, 0.25) is 0 Å². The lowest BCUT2D eigenvalue weighted by Gasteiger charge is -2.31. The number of aromatic nitrogens is 1. The van der Waals surface area contributed by atoms with Gasteiger partial charge in [0.1, 0.15) is 5.82 Å². The van der Waals surface area contributed by atoms with E-state index in [1.807, 2.05) is 0 Å². The molecule has 1 aromatic rings. The Hall–Kier alpha value is -1.00. The third-order valence-corrected chi connectivity index (χ3v) is 3.25. The number of hydrogen-bond donors (Lipinski definition) is 1. The Morgan fingerprint density at radius 2 is 2.24 bits per heavy atom. The maximum Gasteiger partial charge on any atom is 0.141 e. The van der Waals surface area contributed by atoms with Crippen LogP contribution >= 0.6 is 0 Å². The second-order valence-electron chi connectivity index (χ2n) is 4.42. The van der Waals surface area contributed by atoms with Gasteiger partial charge in [0.25, 0.3) is 0 Å². The number of nitrogens with zero attached hydrogens (tertiary/aromatic N) is 1. The molecule has 1 saturated heterocycles. The van der Waals surface area contributed by atoms with Crippen LogP contribution in [0.25, 0.3) is 0 Å². The highest BCUT2D eigenvalue weighted by molar-refractivity contribution is 5.16. The van der Waals surface area contributed by atoms with E-state index in [9.17, 15) is 4.39 Å². The van der Waals surface area contributed by atoms with Gasteiger partial charge in [0.05, 0.1) is 6.20 Å². The Kier molecular flexibility index (Phi) is 4.45. The van der Waals surface area contributed by atoms with Gasteiger partial charge in [-0.3, -0.25) is 4.98 Å². The fourth-order valence-electron chi connectivity index (χ4n) is 2.42. The zero-order chi connectivity index (χ0) is 12.1. The van der Waals surface area contributed by atoms with Crippen LogP contribution in [0, 0.1) is 11.7 Å². The van der Waals surface area contributed by atoms with Crippen LogP contribution < -0.4 is 5.32 Å². The minimum absolute atomic E-state index is 0.187. The Balaban J connectivity index is 2.15. The smallest absolute Gasteiger partial charge is 0.141 e. The molecule has 1 unspecified atom stereocenters. The molecule has 0 saturated carbocycles. The molecule has 0 aromatic carbocycles. The summed E-state index contributed by atoms with van der Waals surface area (Å²) in [5.74, 6) is 0.241. The standard InChI is InChI=1S/C13H19FN2O/c1-2-16-13(10-3-5-17-6-4-10)11-7-12(14)9-15-8-11/h7-10,13,16H,2-6H2,1H3. The van der Waals surface area contributed by atoms with Gasteiger partial charge < -0.3 is 10.1 Å². The number of nitrogens with one attached hydrogen (secondary N) is 1. The third-order valence-electron chi connectivity index (χ3n) is 3.25. The van der Waals surface area contributed by atoms with E-state index in [1.165, 1.54) is 6.20 Å². The quantitative estimate of drug-likeness (QED) is 0.874. The first-order chi connectivity index (χ1) is 8.31. The van der Waals surface area contributed by atoms with Gasteiger partial charge in [-0.25, -0.2) is 4.39 Å². The first-order valence-corrected chi connectivity index (χ1v) is 6.23. The molecule has 0 bridgehead atoms. The van der Waals surface area contributed by atoms with Crippen molar-refractivity contribution in [2.45, 2.75) is 25.8 Å². The monoisotopic (exact) mass is 238 g/mol. The average Bonchev–Trinajstić information content (AvgIpc) is 2.37. The molecule has 0 aliphatic carbocycles. The van der Waals surface area contributed by atoms with Gasteiger partial charge in [-0.2, -0.15) is 0 Å². The molecule has 1 aliphatic heterocycles. The van der Waals surface area contributed by atoms with Crippen LogP contribution in [0.3, 0.4) is 0 Å². The topological polar surface area (TPSA) is 34.2 Å². The van der Waals surface area contributed by atoms with Crippen molar-refractivity contribution in [3.63, 3.8) is 0 Å². The Morgan fingerprint density at radius 1 is 1.47 bits per heavy atom. The molecular formula is C13H19FN2O. The maximum atomic E-state index is 13.2. The molecule has 1 aromatic heterocycles. The largest absolute Gasteiger partial charge is 0.381 e. The highest BCUT2D eigenvalue weighted by atomic mass is 19.1. The van der Waals surface area contributed by atoms with Gasteiger partial charge in [0.2, 0.25) is 0 Å². The summed E-state index contributed by atoms with van der Waals surface area (Å²) in [6.07, 6.45) is 5.05. The predicted octanol–water partition coefficient (Wildman–Crippen LogP) is 2.30. The average molecular weight is 238 g/mol. The van der Waals surface area contributed by atoms with Crippen molar-refractivity contribution in [3.05, 3.63) is 29.8 Å². The fraction of sp³-hybridized carbons (Fsp3) is 0.615. The van der Waals surface area contributed by atoms with Crippen LogP contribution in [0.15, 0.2) is 18.5 Å².